The minimum Gasteiger partial charge on any atom is -0.457 e. The number of anilines is 1. The molecule has 1 heterocycles. The van der Waals surface area contributed by atoms with Crippen molar-refractivity contribution in [2.75, 3.05) is 24.8 Å². The molecule has 0 aliphatic heterocycles. The maximum Gasteiger partial charge on any atom is 0.262 e. The number of benzene rings is 3. The van der Waals surface area contributed by atoms with Gasteiger partial charge in [-0.05, 0) is 55.5 Å². The van der Waals surface area contributed by atoms with Crippen LogP contribution < -0.4 is 15.6 Å². The lowest BCUT2D eigenvalue weighted by Gasteiger charge is -2.18. The summed E-state index contributed by atoms with van der Waals surface area (Å²) in [4.78, 5) is 30.4. The molecule has 0 saturated heterocycles. The predicted octanol–water partition coefficient (Wildman–Crippen LogP) is 5.13. The molecule has 0 fully saturated rings. The van der Waals surface area contributed by atoms with Crippen LogP contribution in [-0.4, -0.2) is 34.9 Å². The Bertz CT molecular complexity index is 1320. The van der Waals surface area contributed by atoms with Crippen LogP contribution in [0.1, 0.15) is 13.0 Å². The van der Waals surface area contributed by atoms with Crippen molar-refractivity contribution in [3.8, 4) is 11.5 Å². The van der Waals surface area contributed by atoms with E-state index in [0.717, 1.165) is 5.75 Å². The molecule has 1 aromatic heterocycles. The van der Waals surface area contributed by atoms with E-state index < -0.39 is 0 Å². The number of ether oxygens (including phenoxy) is 2. The summed E-state index contributed by atoms with van der Waals surface area (Å²) in [5, 5.41) is 3.89. The molecule has 4 rings (SSSR count). The van der Waals surface area contributed by atoms with Gasteiger partial charge in [0.1, 0.15) is 11.5 Å². The third-order valence-electron chi connectivity index (χ3n) is 5.07. The zero-order valence-corrected chi connectivity index (χ0v) is 19.7. The summed E-state index contributed by atoms with van der Waals surface area (Å²) in [6.07, 6.45) is 0. The molecule has 0 saturated carbocycles. The number of para-hydroxylation sites is 2. The van der Waals surface area contributed by atoms with E-state index in [4.69, 9.17) is 9.47 Å². The van der Waals surface area contributed by atoms with Crippen molar-refractivity contribution in [2.24, 2.45) is 0 Å². The summed E-state index contributed by atoms with van der Waals surface area (Å²) in [6.45, 7) is 2.25. The first-order chi connectivity index (χ1) is 16.5. The first-order valence-electron chi connectivity index (χ1n) is 10.8. The number of thioether (sulfide) groups is 1. The lowest BCUT2D eigenvalue weighted by molar-refractivity contribution is -0.113. The number of nitrogens with one attached hydrogen (secondary N) is 1. The van der Waals surface area contributed by atoms with Gasteiger partial charge in [-0.1, -0.05) is 42.1 Å². The van der Waals surface area contributed by atoms with Gasteiger partial charge in [0.25, 0.3) is 5.56 Å². The second-order valence-corrected chi connectivity index (χ2v) is 8.61. The van der Waals surface area contributed by atoms with Gasteiger partial charge in [0, 0.05) is 12.8 Å². The minimum absolute atomic E-state index is 0.104. The summed E-state index contributed by atoms with van der Waals surface area (Å²) in [5.74, 6) is 1.32. The quantitative estimate of drug-likeness (QED) is 0.267. The van der Waals surface area contributed by atoms with E-state index in [1.54, 1.807) is 48.1 Å². The molecule has 0 radical (unpaired) electrons. The number of amides is 1. The lowest BCUT2D eigenvalue weighted by atomic mass is 10.2. The van der Waals surface area contributed by atoms with Gasteiger partial charge in [0.05, 0.1) is 29.3 Å². The Morgan fingerprint density at radius 2 is 1.68 bits per heavy atom. The highest BCUT2D eigenvalue weighted by Gasteiger charge is 2.17. The molecule has 0 bridgehead atoms. The Morgan fingerprint density at radius 3 is 2.41 bits per heavy atom. The van der Waals surface area contributed by atoms with E-state index in [2.05, 4.69) is 10.3 Å². The Morgan fingerprint density at radius 1 is 1.00 bits per heavy atom. The lowest BCUT2D eigenvalue weighted by Crippen LogP contribution is -2.29. The van der Waals surface area contributed by atoms with Crippen LogP contribution in [0.2, 0.25) is 0 Å². The summed E-state index contributed by atoms with van der Waals surface area (Å²) in [5.41, 5.74) is 1.11. The van der Waals surface area contributed by atoms with E-state index in [-0.39, 0.29) is 23.3 Å². The second kappa shape index (κ2) is 11.0. The first-order valence-corrected chi connectivity index (χ1v) is 11.8. The summed E-state index contributed by atoms with van der Waals surface area (Å²) in [7, 11) is 1.59. The maximum atomic E-state index is 13.1. The van der Waals surface area contributed by atoms with E-state index in [0.29, 0.717) is 34.1 Å². The molecule has 1 amide bonds. The molecular weight excluding hydrogens is 450 g/mol. The largest absolute Gasteiger partial charge is 0.457 e. The van der Waals surface area contributed by atoms with Gasteiger partial charge in [-0.3, -0.25) is 14.2 Å². The summed E-state index contributed by atoms with van der Waals surface area (Å²) in [6, 6.07) is 23.6. The summed E-state index contributed by atoms with van der Waals surface area (Å²) < 4.78 is 12.6. The number of hydrogen-bond donors (Lipinski definition) is 1. The number of fused-ring (bicyclic) bond motifs is 1. The van der Waals surface area contributed by atoms with Crippen LogP contribution in [0.15, 0.2) is 88.8 Å². The second-order valence-electron chi connectivity index (χ2n) is 7.67. The van der Waals surface area contributed by atoms with Crippen molar-refractivity contribution in [3.05, 3.63) is 89.2 Å². The van der Waals surface area contributed by atoms with Crippen molar-refractivity contribution in [1.29, 1.82) is 0 Å². The number of hydrogen-bond acceptors (Lipinski definition) is 6. The molecule has 8 heteroatoms. The van der Waals surface area contributed by atoms with Gasteiger partial charge in [-0.2, -0.15) is 0 Å². The molecule has 174 valence electrons. The van der Waals surface area contributed by atoms with E-state index in [1.807, 2.05) is 49.4 Å². The SMILES string of the molecule is COCC(C)n1c(SCC(=O)Nc2ccc(Oc3ccccc3)cc2)nc2ccccc2c1=O. The zero-order chi connectivity index (χ0) is 23.9. The average molecular weight is 476 g/mol. The third-order valence-corrected chi connectivity index (χ3v) is 6.03. The Balaban J connectivity index is 1.44. The molecule has 0 spiro atoms. The van der Waals surface area contributed by atoms with Crippen LogP contribution in [0.5, 0.6) is 11.5 Å². The number of rotatable bonds is 9. The van der Waals surface area contributed by atoms with Crippen LogP contribution in [-0.2, 0) is 9.53 Å². The fourth-order valence-electron chi connectivity index (χ4n) is 3.49. The standard InChI is InChI=1S/C26H25N3O4S/c1-18(16-32-2)29-25(31)22-10-6-7-11-23(22)28-26(29)34-17-24(30)27-19-12-14-21(15-13-19)33-20-8-4-3-5-9-20/h3-15,18H,16-17H2,1-2H3,(H,27,30). The molecule has 1 N–H and O–H groups in total. The molecule has 1 unspecified atom stereocenters. The zero-order valence-electron chi connectivity index (χ0n) is 18.9. The molecule has 7 nitrogen and oxygen atoms in total. The van der Waals surface area contributed by atoms with E-state index >= 15 is 0 Å². The van der Waals surface area contributed by atoms with Gasteiger partial charge in [-0.15, -0.1) is 0 Å². The highest BCUT2D eigenvalue weighted by Crippen LogP contribution is 2.24. The fraction of sp³-hybridized carbons (Fsp3) is 0.192. The first kappa shape index (κ1) is 23.5. The van der Waals surface area contributed by atoms with Gasteiger partial charge < -0.3 is 14.8 Å². The monoisotopic (exact) mass is 475 g/mol. The number of methoxy groups -OCH3 is 1. The van der Waals surface area contributed by atoms with Crippen LogP contribution >= 0.6 is 11.8 Å². The Labute approximate surface area is 201 Å². The smallest absolute Gasteiger partial charge is 0.262 e. The third kappa shape index (κ3) is 5.65. The van der Waals surface area contributed by atoms with Crippen LogP contribution in [0.3, 0.4) is 0 Å². The van der Waals surface area contributed by atoms with E-state index in [1.165, 1.54) is 11.8 Å². The van der Waals surface area contributed by atoms with Crippen molar-refractivity contribution in [3.63, 3.8) is 0 Å². The van der Waals surface area contributed by atoms with Crippen LogP contribution in [0.4, 0.5) is 5.69 Å². The van der Waals surface area contributed by atoms with Crippen LogP contribution in [0.25, 0.3) is 10.9 Å². The molecule has 1 atom stereocenters. The molecule has 0 aliphatic rings. The van der Waals surface area contributed by atoms with Gasteiger partial charge >= 0.3 is 0 Å². The van der Waals surface area contributed by atoms with Crippen molar-refractivity contribution >= 4 is 34.3 Å². The minimum atomic E-state index is -0.225. The highest BCUT2D eigenvalue weighted by molar-refractivity contribution is 7.99. The van der Waals surface area contributed by atoms with Gasteiger partial charge in [0.2, 0.25) is 5.91 Å². The van der Waals surface area contributed by atoms with Crippen molar-refractivity contribution in [2.45, 2.75) is 18.1 Å². The molecule has 0 aliphatic carbocycles. The number of aromatic nitrogens is 2. The molecule has 34 heavy (non-hydrogen) atoms. The summed E-state index contributed by atoms with van der Waals surface area (Å²) >= 11 is 1.22. The van der Waals surface area contributed by atoms with Gasteiger partial charge in [0.15, 0.2) is 5.16 Å². The van der Waals surface area contributed by atoms with Crippen molar-refractivity contribution < 1.29 is 14.3 Å². The van der Waals surface area contributed by atoms with Gasteiger partial charge in [-0.25, -0.2) is 4.98 Å². The molecule has 3 aromatic carbocycles. The van der Waals surface area contributed by atoms with Crippen LogP contribution in [0, 0.1) is 0 Å². The van der Waals surface area contributed by atoms with Crippen molar-refractivity contribution in [1.82, 2.24) is 9.55 Å². The molecular formula is C26H25N3O4S. The molecule has 4 aromatic rings. The van der Waals surface area contributed by atoms with E-state index in [9.17, 15) is 9.59 Å². The average Bonchev–Trinajstić information content (AvgIpc) is 2.85. The maximum absolute atomic E-state index is 13.1. The topological polar surface area (TPSA) is 82.4 Å². The highest BCUT2D eigenvalue weighted by atomic mass is 32.2. The predicted molar refractivity (Wildman–Crippen MR) is 135 cm³/mol. The fourth-order valence-corrected chi connectivity index (χ4v) is 4.39. The number of nitrogens with zero attached hydrogens (tertiary/aromatic N) is 2. The Hall–Kier alpha value is -3.62. The number of carbonyl (C=O) groups excluding carboxylic acids is 1. The number of carbonyl (C=O) groups is 1. The Kier molecular flexibility index (Phi) is 7.61. The normalized spacial score (nSPS) is 11.8.